The fourth-order valence-electron chi connectivity index (χ4n) is 1.96. The Morgan fingerprint density at radius 2 is 2.09 bits per heavy atom. The molecule has 0 saturated carbocycles. The molecule has 0 aliphatic rings. The summed E-state index contributed by atoms with van der Waals surface area (Å²) in [5.74, 6) is -2.48. The van der Waals surface area contributed by atoms with Gasteiger partial charge < -0.3 is 20.3 Å². The molecule has 0 unspecified atom stereocenters. The third kappa shape index (κ3) is 4.30. The third-order valence-electron chi connectivity index (χ3n) is 3.17. The minimum Gasteiger partial charge on any atom is -0.385 e. The molecule has 0 aliphatic heterocycles. The number of rotatable bonds is 4. The number of carbonyl (C=O) groups excluding carboxylic acids is 2. The van der Waals surface area contributed by atoms with E-state index >= 15 is 0 Å². The maximum Gasteiger partial charge on any atom is 0.313 e. The zero-order chi connectivity index (χ0) is 17.0. The number of hydrogen-bond donors (Lipinski definition) is 3. The van der Waals surface area contributed by atoms with E-state index < -0.39 is 23.7 Å². The molecule has 2 aromatic rings. The van der Waals surface area contributed by atoms with Crippen LogP contribution >= 0.6 is 11.6 Å². The highest BCUT2D eigenvalue weighted by molar-refractivity contribution is 6.39. The number of anilines is 1. The molecule has 0 fully saturated rings. The number of halogens is 2. The lowest BCUT2D eigenvalue weighted by atomic mass is 10.2. The number of nitrogens with one attached hydrogen (secondary N) is 2. The summed E-state index contributed by atoms with van der Waals surface area (Å²) in [7, 11) is 1.76. The Morgan fingerprint density at radius 1 is 1.35 bits per heavy atom. The molecule has 0 saturated heterocycles. The maximum absolute atomic E-state index is 13.0. The molecule has 1 aromatic carbocycles. The van der Waals surface area contributed by atoms with Crippen molar-refractivity contribution in [2.24, 2.45) is 7.05 Å². The molecular formula is C15H15ClFN3O3. The zero-order valence-electron chi connectivity index (χ0n) is 12.2. The molecule has 0 spiro atoms. The Hall–Kier alpha value is -2.38. The second kappa shape index (κ2) is 7.26. The van der Waals surface area contributed by atoms with Crippen LogP contribution in [0.15, 0.2) is 36.5 Å². The molecule has 122 valence electrons. The van der Waals surface area contributed by atoms with Crippen molar-refractivity contribution >= 4 is 29.1 Å². The number of aliphatic hydroxyl groups excluding tert-OH is 1. The van der Waals surface area contributed by atoms with Gasteiger partial charge in [-0.1, -0.05) is 11.6 Å². The SMILES string of the molecule is Cn1cccc1[C@H](O)CNC(=O)C(=O)Nc1ccc(F)c(Cl)c1. The number of carbonyl (C=O) groups is 2. The second-order valence-electron chi connectivity index (χ2n) is 4.85. The Labute approximate surface area is 136 Å². The first kappa shape index (κ1) is 17.0. The highest BCUT2D eigenvalue weighted by atomic mass is 35.5. The van der Waals surface area contributed by atoms with Crippen LogP contribution in [0.5, 0.6) is 0 Å². The van der Waals surface area contributed by atoms with Crippen molar-refractivity contribution in [1.29, 1.82) is 0 Å². The van der Waals surface area contributed by atoms with Gasteiger partial charge >= 0.3 is 11.8 Å². The molecule has 23 heavy (non-hydrogen) atoms. The van der Waals surface area contributed by atoms with E-state index in [0.717, 1.165) is 6.07 Å². The van der Waals surface area contributed by atoms with Crippen molar-refractivity contribution < 1.29 is 19.1 Å². The first-order valence-electron chi connectivity index (χ1n) is 6.72. The maximum atomic E-state index is 13.0. The lowest BCUT2D eigenvalue weighted by Crippen LogP contribution is -2.37. The molecule has 0 radical (unpaired) electrons. The van der Waals surface area contributed by atoms with Crippen LogP contribution in [0.4, 0.5) is 10.1 Å². The van der Waals surface area contributed by atoms with Crippen LogP contribution in [-0.4, -0.2) is 28.0 Å². The fraction of sp³-hybridized carbons (Fsp3) is 0.200. The fourth-order valence-corrected chi connectivity index (χ4v) is 2.14. The third-order valence-corrected chi connectivity index (χ3v) is 3.45. The lowest BCUT2D eigenvalue weighted by Gasteiger charge is -2.13. The van der Waals surface area contributed by atoms with E-state index in [9.17, 15) is 19.1 Å². The van der Waals surface area contributed by atoms with Crippen LogP contribution in [-0.2, 0) is 16.6 Å². The van der Waals surface area contributed by atoms with Crippen LogP contribution in [0.2, 0.25) is 5.02 Å². The van der Waals surface area contributed by atoms with Crippen LogP contribution in [0.1, 0.15) is 11.8 Å². The molecule has 1 atom stereocenters. The Bertz CT molecular complexity index is 733. The Balaban J connectivity index is 1.89. The molecular weight excluding hydrogens is 325 g/mol. The monoisotopic (exact) mass is 339 g/mol. The van der Waals surface area contributed by atoms with E-state index in [4.69, 9.17) is 11.6 Å². The van der Waals surface area contributed by atoms with Crippen LogP contribution in [0.25, 0.3) is 0 Å². The predicted octanol–water partition coefficient (Wildman–Crippen LogP) is 1.61. The number of aromatic nitrogens is 1. The van der Waals surface area contributed by atoms with E-state index in [1.54, 1.807) is 29.9 Å². The number of hydrogen-bond acceptors (Lipinski definition) is 3. The van der Waals surface area contributed by atoms with Crippen molar-refractivity contribution in [2.45, 2.75) is 6.10 Å². The van der Waals surface area contributed by atoms with Gasteiger partial charge in [0.25, 0.3) is 0 Å². The van der Waals surface area contributed by atoms with Gasteiger partial charge in [-0.2, -0.15) is 0 Å². The Morgan fingerprint density at radius 3 is 2.70 bits per heavy atom. The number of nitrogens with zero attached hydrogens (tertiary/aromatic N) is 1. The largest absolute Gasteiger partial charge is 0.385 e. The second-order valence-corrected chi connectivity index (χ2v) is 5.26. The molecule has 8 heteroatoms. The minimum atomic E-state index is -0.938. The van der Waals surface area contributed by atoms with E-state index in [1.807, 2.05) is 0 Å². The van der Waals surface area contributed by atoms with Crippen LogP contribution in [0, 0.1) is 5.82 Å². The van der Waals surface area contributed by atoms with Gasteiger partial charge in [-0.25, -0.2) is 4.39 Å². The highest BCUT2D eigenvalue weighted by Crippen LogP contribution is 2.19. The average molecular weight is 340 g/mol. The average Bonchev–Trinajstić information content (AvgIpc) is 2.94. The summed E-state index contributed by atoms with van der Waals surface area (Å²) in [6.45, 7) is -0.117. The number of amides is 2. The minimum absolute atomic E-state index is 0.117. The predicted molar refractivity (Wildman–Crippen MR) is 83.4 cm³/mol. The number of aliphatic hydroxyl groups is 1. The molecule has 2 amide bonds. The summed E-state index contributed by atoms with van der Waals surface area (Å²) in [5.41, 5.74) is 0.801. The van der Waals surface area contributed by atoms with E-state index in [2.05, 4.69) is 10.6 Å². The summed E-state index contributed by atoms with van der Waals surface area (Å²) in [6.07, 6.45) is 0.817. The summed E-state index contributed by atoms with van der Waals surface area (Å²) in [6, 6.07) is 7.02. The quantitative estimate of drug-likeness (QED) is 0.740. The van der Waals surface area contributed by atoms with Gasteiger partial charge in [-0.3, -0.25) is 9.59 Å². The lowest BCUT2D eigenvalue weighted by molar-refractivity contribution is -0.136. The van der Waals surface area contributed by atoms with Gasteiger partial charge in [0.1, 0.15) is 11.9 Å². The van der Waals surface area contributed by atoms with Gasteiger partial charge in [0.2, 0.25) is 0 Å². The highest BCUT2D eigenvalue weighted by Gasteiger charge is 2.17. The molecule has 0 bridgehead atoms. The van der Waals surface area contributed by atoms with Gasteiger partial charge in [-0.15, -0.1) is 0 Å². The van der Waals surface area contributed by atoms with Crippen LogP contribution < -0.4 is 10.6 Å². The zero-order valence-corrected chi connectivity index (χ0v) is 13.0. The first-order chi connectivity index (χ1) is 10.9. The van der Waals surface area contributed by atoms with Gasteiger partial charge in [0.15, 0.2) is 0 Å². The summed E-state index contributed by atoms with van der Waals surface area (Å²) in [5, 5.41) is 14.4. The van der Waals surface area contributed by atoms with Gasteiger partial charge in [0, 0.05) is 31.2 Å². The summed E-state index contributed by atoms with van der Waals surface area (Å²) >= 11 is 5.59. The van der Waals surface area contributed by atoms with Crippen molar-refractivity contribution in [3.8, 4) is 0 Å². The van der Waals surface area contributed by atoms with E-state index in [1.165, 1.54) is 12.1 Å². The van der Waals surface area contributed by atoms with E-state index in [-0.39, 0.29) is 17.3 Å². The molecule has 2 rings (SSSR count). The normalized spacial score (nSPS) is 11.8. The number of benzene rings is 1. The summed E-state index contributed by atoms with van der Waals surface area (Å²) < 4.78 is 14.7. The Kier molecular flexibility index (Phi) is 5.36. The molecule has 1 aromatic heterocycles. The van der Waals surface area contributed by atoms with Crippen molar-refractivity contribution in [2.75, 3.05) is 11.9 Å². The summed E-state index contributed by atoms with van der Waals surface area (Å²) in [4.78, 5) is 23.4. The number of aryl methyl sites for hydroxylation is 1. The van der Waals surface area contributed by atoms with Crippen LogP contribution in [0.3, 0.4) is 0 Å². The van der Waals surface area contributed by atoms with Crippen molar-refractivity contribution in [3.63, 3.8) is 0 Å². The first-order valence-corrected chi connectivity index (χ1v) is 7.10. The van der Waals surface area contributed by atoms with Crippen molar-refractivity contribution in [1.82, 2.24) is 9.88 Å². The van der Waals surface area contributed by atoms with E-state index in [0.29, 0.717) is 5.69 Å². The molecule has 1 heterocycles. The standard InChI is InChI=1S/C15H15ClFN3O3/c1-20-6-2-3-12(20)13(21)8-18-14(22)15(23)19-9-4-5-11(17)10(16)7-9/h2-7,13,21H,8H2,1H3,(H,18,22)(H,19,23)/t13-/m1/s1. The van der Waals surface area contributed by atoms with Crippen molar-refractivity contribution in [3.05, 3.63) is 53.1 Å². The van der Waals surface area contributed by atoms with Gasteiger partial charge in [-0.05, 0) is 30.3 Å². The molecule has 3 N–H and O–H groups in total. The smallest absolute Gasteiger partial charge is 0.313 e. The van der Waals surface area contributed by atoms with Gasteiger partial charge in [0.05, 0.1) is 5.02 Å². The molecule has 6 nitrogen and oxygen atoms in total. The topological polar surface area (TPSA) is 83.4 Å². The molecule has 0 aliphatic carbocycles.